The summed E-state index contributed by atoms with van der Waals surface area (Å²) in [6, 6.07) is 4.95. The van der Waals surface area contributed by atoms with Crippen LogP contribution >= 0.6 is 0 Å². The number of rotatable bonds is 8. The maximum atomic E-state index is 10.6. The SMILES string of the molecule is CC(=O)OCCOc1ccc(OCCOC(C)=O)c(N)c1. The van der Waals surface area contributed by atoms with Crippen molar-refractivity contribution < 1.29 is 28.5 Å². The summed E-state index contributed by atoms with van der Waals surface area (Å²) < 4.78 is 20.2. The Kier molecular flexibility index (Phi) is 6.86. The van der Waals surface area contributed by atoms with Crippen LogP contribution in [0.25, 0.3) is 0 Å². The number of hydrogen-bond donors (Lipinski definition) is 1. The maximum absolute atomic E-state index is 10.6. The molecule has 0 amide bonds. The Morgan fingerprint density at radius 3 is 2.05 bits per heavy atom. The fourth-order valence-corrected chi connectivity index (χ4v) is 1.43. The Bertz CT molecular complexity index is 488. The van der Waals surface area contributed by atoms with Crippen molar-refractivity contribution in [3.8, 4) is 11.5 Å². The molecule has 0 aliphatic carbocycles. The lowest BCUT2D eigenvalue weighted by molar-refractivity contribution is -0.142. The Hall–Kier alpha value is -2.44. The summed E-state index contributed by atoms with van der Waals surface area (Å²) in [6.07, 6.45) is 0. The molecule has 0 aromatic heterocycles. The molecule has 0 saturated carbocycles. The van der Waals surface area contributed by atoms with Crippen LogP contribution in [0.2, 0.25) is 0 Å². The predicted molar refractivity (Wildman–Crippen MR) is 75.1 cm³/mol. The van der Waals surface area contributed by atoms with Crippen molar-refractivity contribution in [1.29, 1.82) is 0 Å². The fourth-order valence-electron chi connectivity index (χ4n) is 1.43. The normalized spacial score (nSPS) is 9.81. The van der Waals surface area contributed by atoms with Gasteiger partial charge in [0.15, 0.2) is 0 Å². The highest BCUT2D eigenvalue weighted by atomic mass is 16.6. The van der Waals surface area contributed by atoms with Gasteiger partial charge in [-0.05, 0) is 12.1 Å². The van der Waals surface area contributed by atoms with Crippen LogP contribution in [0, 0.1) is 0 Å². The zero-order valence-corrected chi connectivity index (χ0v) is 12.1. The molecule has 0 radical (unpaired) electrons. The predicted octanol–water partition coefficient (Wildman–Crippen LogP) is 1.15. The molecule has 0 heterocycles. The quantitative estimate of drug-likeness (QED) is 0.436. The van der Waals surface area contributed by atoms with Gasteiger partial charge in [-0.25, -0.2) is 0 Å². The van der Waals surface area contributed by atoms with E-state index in [1.165, 1.54) is 13.8 Å². The molecule has 2 N–H and O–H groups in total. The van der Waals surface area contributed by atoms with Gasteiger partial charge in [0.05, 0.1) is 5.69 Å². The smallest absolute Gasteiger partial charge is 0.302 e. The van der Waals surface area contributed by atoms with Crippen molar-refractivity contribution >= 4 is 17.6 Å². The van der Waals surface area contributed by atoms with Crippen LogP contribution in [-0.4, -0.2) is 38.4 Å². The van der Waals surface area contributed by atoms with Crippen LogP contribution in [0.15, 0.2) is 18.2 Å². The van der Waals surface area contributed by atoms with Gasteiger partial charge < -0.3 is 24.7 Å². The van der Waals surface area contributed by atoms with Gasteiger partial charge >= 0.3 is 11.9 Å². The largest absolute Gasteiger partial charge is 0.490 e. The second-order valence-corrected chi connectivity index (χ2v) is 4.08. The molecule has 1 aromatic carbocycles. The van der Waals surface area contributed by atoms with Crippen LogP contribution in [0.1, 0.15) is 13.8 Å². The Morgan fingerprint density at radius 1 is 0.952 bits per heavy atom. The molecule has 7 nitrogen and oxygen atoms in total. The van der Waals surface area contributed by atoms with Gasteiger partial charge in [-0.2, -0.15) is 0 Å². The highest BCUT2D eigenvalue weighted by molar-refractivity contribution is 5.66. The number of carbonyl (C=O) groups is 2. The van der Waals surface area contributed by atoms with Crippen molar-refractivity contribution in [2.75, 3.05) is 32.2 Å². The van der Waals surface area contributed by atoms with E-state index in [9.17, 15) is 9.59 Å². The van der Waals surface area contributed by atoms with E-state index >= 15 is 0 Å². The second kappa shape index (κ2) is 8.68. The topological polar surface area (TPSA) is 97.1 Å². The van der Waals surface area contributed by atoms with Crippen molar-refractivity contribution in [1.82, 2.24) is 0 Å². The zero-order chi connectivity index (χ0) is 15.7. The van der Waals surface area contributed by atoms with Crippen molar-refractivity contribution in [2.24, 2.45) is 0 Å². The summed E-state index contributed by atoms with van der Waals surface area (Å²) in [7, 11) is 0. The van der Waals surface area contributed by atoms with Crippen LogP contribution in [0.4, 0.5) is 5.69 Å². The fraction of sp³-hybridized carbons (Fsp3) is 0.429. The molecule has 116 valence electrons. The van der Waals surface area contributed by atoms with E-state index in [1.807, 2.05) is 0 Å². The minimum absolute atomic E-state index is 0.162. The van der Waals surface area contributed by atoms with E-state index in [0.717, 1.165) is 0 Å². The number of carbonyl (C=O) groups excluding carboxylic acids is 2. The second-order valence-electron chi connectivity index (χ2n) is 4.08. The highest BCUT2D eigenvalue weighted by Crippen LogP contribution is 2.26. The van der Waals surface area contributed by atoms with Crippen molar-refractivity contribution in [2.45, 2.75) is 13.8 Å². The molecule has 0 unspecified atom stereocenters. The summed E-state index contributed by atoms with van der Waals surface area (Å²) in [6.45, 7) is 3.46. The lowest BCUT2D eigenvalue weighted by Gasteiger charge is -2.11. The van der Waals surface area contributed by atoms with E-state index in [1.54, 1.807) is 18.2 Å². The third-order valence-electron chi connectivity index (χ3n) is 2.28. The van der Waals surface area contributed by atoms with Gasteiger partial charge in [-0.3, -0.25) is 9.59 Å². The third-order valence-corrected chi connectivity index (χ3v) is 2.28. The van der Waals surface area contributed by atoms with Crippen LogP contribution in [0.5, 0.6) is 11.5 Å². The van der Waals surface area contributed by atoms with E-state index in [-0.39, 0.29) is 38.4 Å². The van der Waals surface area contributed by atoms with Crippen LogP contribution in [0.3, 0.4) is 0 Å². The molecule has 0 aliphatic heterocycles. The first-order valence-electron chi connectivity index (χ1n) is 6.41. The molecule has 0 fully saturated rings. The molecule has 1 rings (SSSR count). The molecule has 0 atom stereocenters. The first-order chi connectivity index (χ1) is 9.99. The highest BCUT2D eigenvalue weighted by Gasteiger charge is 2.04. The first-order valence-corrected chi connectivity index (χ1v) is 6.41. The standard InChI is InChI=1S/C14H19NO6/c1-10(16)18-5-7-20-12-3-4-14(13(15)9-12)21-8-6-19-11(2)17/h3-4,9H,5-8,15H2,1-2H3. The molecular weight excluding hydrogens is 278 g/mol. The summed E-state index contributed by atoms with van der Waals surface area (Å²) in [5.74, 6) is 0.319. The molecular formula is C14H19NO6. The molecule has 1 aromatic rings. The van der Waals surface area contributed by atoms with E-state index in [2.05, 4.69) is 0 Å². The average Bonchev–Trinajstić information content (AvgIpc) is 2.41. The Labute approximate surface area is 122 Å². The molecule has 0 spiro atoms. The molecule has 0 saturated heterocycles. The van der Waals surface area contributed by atoms with Crippen molar-refractivity contribution in [3.63, 3.8) is 0 Å². The van der Waals surface area contributed by atoms with Gasteiger partial charge in [0, 0.05) is 19.9 Å². The van der Waals surface area contributed by atoms with Crippen LogP contribution < -0.4 is 15.2 Å². The zero-order valence-electron chi connectivity index (χ0n) is 12.1. The number of anilines is 1. The summed E-state index contributed by atoms with van der Waals surface area (Å²) in [5.41, 5.74) is 6.22. The monoisotopic (exact) mass is 297 g/mol. The Balaban J connectivity index is 2.37. The number of nitrogens with two attached hydrogens (primary N) is 1. The lowest BCUT2D eigenvalue weighted by atomic mass is 10.3. The number of benzene rings is 1. The maximum Gasteiger partial charge on any atom is 0.302 e. The van der Waals surface area contributed by atoms with Crippen LogP contribution in [-0.2, 0) is 19.1 Å². The summed E-state index contributed by atoms with van der Waals surface area (Å²) in [4.78, 5) is 21.2. The minimum atomic E-state index is -0.358. The van der Waals surface area contributed by atoms with E-state index < -0.39 is 0 Å². The van der Waals surface area contributed by atoms with Gasteiger partial charge in [0.25, 0.3) is 0 Å². The Morgan fingerprint density at radius 2 is 1.52 bits per heavy atom. The molecule has 0 aliphatic rings. The van der Waals surface area contributed by atoms with Gasteiger partial charge in [-0.15, -0.1) is 0 Å². The molecule has 0 bridgehead atoms. The summed E-state index contributed by atoms with van der Waals surface area (Å²) >= 11 is 0. The molecule has 7 heteroatoms. The minimum Gasteiger partial charge on any atom is -0.490 e. The number of nitrogen functional groups attached to an aromatic ring is 1. The van der Waals surface area contributed by atoms with Crippen molar-refractivity contribution in [3.05, 3.63) is 18.2 Å². The van der Waals surface area contributed by atoms with E-state index in [4.69, 9.17) is 24.7 Å². The number of ether oxygens (including phenoxy) is 4. The van der Waals surface area contributed by atoms with Gasteiger partial charge in [0.1, 0.15) is 37.9 Å². The first kappa shape index (κ1) is 16.6. The van der Waals surface area contributed by atoms with Gasteiger partial charge in [0.2, 0.25) is 0 Å². The number of hydrogen-bond acceptors (Lipinski definition) is 7. The third kappa shape index (κ3) is 7.05. The molecule has 21 heavy (non-hydrogen) atoms. The van der Waals surface area contributed by atoms with Gasteiger partial charge in [-0.1, -0.05) is 0 Å². The average molecular weight is 297 g/mol. The lowest BCUT2D eigenvalue weighted by Crippen LogP contribution is -2.11. The van der Waals surface area contributed by atoms with E-state index in [0.29, 0.717) is 17.2 Å². The summed E-state index contributed by atoms with van der Waals surface area (Å²) in [5, 5.41) is 0. The number of esters is 2.